The van der Waals surface area contributed by atoms with E-state index in [2.05, 4.69) is 4.57 Å². The van der Waals surface area contributed by atoms with Crippen LogP contribution in [0.15, 0.2) is 60.7 Å². The van der Waals surface area contributed by atoms with Crippen molar-refractivity contribution >= 4 is 11.8 Å². The molecule has 0 bridgehead atoms. The second-order valence-electron chi connectivity index (χ2n) is 8.35. The maximum absolute atomic E-state index is 12.9. The number of carbonyl (C=O) groups is 2. The number of esters is 1. The first kappa shape index (κ1) is 22.0. The van der Waals surface area contributed by atoms with Crippen LogP contribution >= 0.6 is 0 Å². The van der Waals surface area contributed by atoms with E-state index in [-0.39, 0.29) is 18.5 Å². The number of rotatable bonds is 8. The third-order valence-electron chi connectivity index (χ3n) is 6.09. The van der Waals surface area contributed by atoms with Crippen molar-refractivity contribution in [3.05, 3.63) is 94.3 Å². The highest BCUT2D eigenvalue weighted by atomic mass is 16.5. The van der Waals surface area contributed by atoms with Crippen molar-refractivity contribution in [2.45, 2.75) is 45.8 Å². The lowest BCUT2D eigenvalue weighted by Crippen LogP contribution is -2.18. The van der Waals surface area contributed by atoms with Crippen LogP contribution in [0.1, 0.15) is 56.1 Å². The minimum absolute atomic E-state index is 0.189. The van der Waals surface area contributed by atoms with Gasteiger partial charge >= 0.3 is 5.97 Å². The minimum atomic E-state index is -0.474. The third-order valence-corrected chi connectivity index (χ3v) is 6.09. The number of ketones is 1. The molecule has 1 fully saturated rings. The zero-order valence-electron chi connectivity index (χ0n) is 18.7. The predicted molar refractivity (Wildman–Crippen MR) is 123 cm³/mol. The molecular formula is C27H29NO4. The van der Waals surface area contributed by atoms with Crippen molar-refractivity contribution < 1.29 is 19.1 Å². The van der Waals surface area contributed by atoms with Crippen molar-refractivity contribution in [1.29, 1.82) is 0 Å². The van der Waals surface area contributed by atoms with Crippen LogP contribution in [-0.2, 0) is 22.4 Å². The molecule has 0 unspecified atom stereocenters. The number of ether oxygens (including phenoxy) is 2. The van der Waals surface area contributed by atoms with Gasteiger partial charge in [-0.25, -0.2) is 4.79 Å². The van der Waals surface area contributed by atoms with Gasteiger partial charge in [0.05, 0.1) is 11.7 Å². The van der Waals surface area contributed by atoms with Crippen LogP contribution in [0.4, 0.5) is 0 Å². The number of aryl methyl sites for hydroxylation is 1. The summed E-state index contributed by atoms with van der Waals surface area (Å²) in [6, 6.07) is 19.2. The van der Waals surface area contributed by atoms with Crippen LogP contribution in [0.2, 0.25) is 0 Å². The molecule has 0 amide bonds. The summed E-state index contributed by atoms with van der Waals surface area (Å²) < 4.78 is 13.3. The van der Waals surface area contributed by atoms with E-state index in [1.54, 1.807) is 6.07 Å². The molecule has 1 aliphatic rings. The summed E-state index contributed by atoms with van der Waals surface area (Å²) in [7, 11) is 0. The van der Waals surface area contributed by atoms with Crippen LogP contribution in [0, 0.1) is 13.8 Å². The largest absolute Gasteiger partial charge is 0.454 e. The fraction of sp³-hybridized carbons (Fsp3) is 0.333. The Bertz CT molecular complexity index is 1090. The molecular weight excluding hydrogens is 402 g/mol. The fourth-order valence-electron chi connectivity index (χ4n) is 4.33. The van der Waals surface area contributed by atoms with Gasteiger partial charge in [0.25, 0.3) is 0 Å². The quantitative estimate of drug-likeness (QED) is 0.375. The Labute approximate surface area is 189 Å². The predicted octanol–water partition coefficient (Wildman–Crippen LogP) is 4.91. The molecule has 3 aromatic rings. The number of aromatic nitrogens is 1. The van der Waals surface area contributed by atoms with E-state index in [1.807, 2.05) is 68.4 Å². The molecule has 0 saturated carbocycles. The number of Topliss-reactive ketones (excluding diaryl/α,β-unsaturated/α-hetero) is 1. The Morgan fingerprint density at radius 2 is 1.78 bits per heavy atom. The van der Waals surface area contributed by atoms with E-state index < -0.39 is 5.97 Å². The Kier molecular flexibility index (Phi) is 6.86. The zero-order valence-corrected chi connectivity index (χ0v) is 18.7. The van der Waals surface area contributed by atoms with E-state index >= 15 is 0 Å². The van der Waals surface area contributed by atoms with E-state index in [1.165, 1.54) is 0 Å². The maximum atomic E-state index is 12.9. The average Bonchev–Trinajstić information content (AvgIpc) is 3.42. The van der Waals surface area contributed by atoms with Crippen LogP contribution < -0.4 is 0 Å². The molecule has 0 aliphatic carbocycles. The van der Waals surface area contributed by atoms with E-state index in [0.717, 1.165) is 48.5 Å². The van der Waals surface area contributed by atoms with Gasteiger partial charge in [0.2, 0.25) is 5.78 Å². The summed E-state index contributed by atoms with van der Waals surface area (Å²) in [6.45, 7) is 5.20. The summed E-state index contributed by atoms with van der Waals surface area (Å²) in [6.07, 6.45) is 2.95. The smallest absolute Gasteiger partial charge is 0.338 e. The Morgan fingerprint density at radius 3 is 2.53 bits per heavy atom. The number of carbonyl (C=O) groups excluding carboxylic acids is 2. The summed E-state index contributed by atoms with van der Waals surface area (Å²) in [5.41, 5.74) is 5.00. The van der Waals surface area contributed by atoms with Gasteiger partial charge in [0.1, 0.15) is 0 Å². The summed E-state index contributed by atoms with van der Waals surface area (Å²) >= 11 is 0. The van der Waals surface area contributed by atoms with E-state index in [0.29, 0.717) is 17.5 Å². The molecule has 0 N–H and O–H groups in total. The molecule has 5 nitrogen and oxygen atoms in total. The number of hydrogen-bond donors (Lipinski definition) is 0. The highest BCUT2D eigenvalue weighted by molar-refractivity contribution is 6.00. The molecule has 1 aliphatic heterocycles. The second-order valence-corrected chi connectivity index (χ2v) is 8.35. The van der Waals surface area contributed by atoms with Gasteiger partial charge in [0, 0.05) is 30.1 Å². The van der Waals surface area contributed by atoms with Gasteiger partial charge < -0.3 is 14.0 Å². The molecule has 1 saturated heterocycles. The molecule has 1 aromatic heterocycles. The van der Waals surface area contributed by atoms with Crippen molar-refractivity contribution in [2.75, 3.05) is 13.2 Å². The Balaban J connectivity index is 1.42. The third kappa shape index (κ3) is 5.00. The highest BCUT2D eigenvalue weighted by Gasteiger charge is 2.22. The second kappa shape index (κ2) is 9.96. The standard InChI is InChI=1S/C27H29NO4/c1-19-15-25(20(2)28(19)17-23-12-8-14-31-23)26(29)18-32-27(30)24-13-7-6-11-22(24)16-21-9-4-3-5-10-21/h3-7,9-11,13,15,23H,8,12,14,16-18H2,1-2H3/t23-/m1/s1. The number of nitrogens with zero attached hydrogens (tertiary/aromatic N) is 1. The zero-order chi connectivity index (χ0) is 22.5. The highest BCUT2D eigenvalue weighted by Crippen LogP contribution is 2.21. The summed E-state index contributed by atoms with van der Waals surface area (Å²) in [5.74, 6) is -0.663. The van der Waals surface area contributed by atoms with Crippen LogP contribution in [0.25, 0.3) is 0 Å². The first-order chi connectivity index (χ1) is 15.5. The Hall–Kier alpha value is -3.18. The van der Waals surface area contributed by atoms with Gasteiger partial charge in [-0.05, 0) is 56.4 Å². The molecule has 0 spiro atoms. The minimum Gasteiger partial charge on any atom is -0.454 e. The molecule has 0 radical (unpaired) electrons. The fourth-order valence-corrected chi connectivity index (χ4v) is 4.33. The monoisotopic (exact) mass is 431 g/mol. The molecule has 4 rings (SSSR count). The normalized spacial score (nSPS) is 15.6. The van der Waals surface area contributed by atoms with Crippen LogP contribution in [-0.4, -0.2) is 35.6 Å². The van der Waals surface area contributed by atoms with Gasteiger partial charge in [-0.3, -0.25) is 4.79 Å². The SMILES string of the molecule is Cc1cc(C(=O)COC(=O)c2ccccc2Cc2ccccc2)c(C)n1C[C@H]1CCCO1. The molecule has 2 aromatic carbocycles. The van der Waals surface area contributed by atoms with Crippen LogP contribution in [0.3, 0.4) is 0 Å². The summed E-state index contributed by atoms with van der Waals surface area (Å²) in [4.78, 5) is 25.6. The van der Waals surface area contributed by atoms with E-state index in [4.69, 9.17) is 9.47 Å². The van der Waals surface area contributed by atoms with Gasteiger partial charge in [-0.2, -0.15) is 0 Å². The Morgan fingerprint density at radius 1 is 1.03 bits per heavy atom. The molecule has 5 heteroatoms. The lowest BCUT2D eigenvalue weighted by Gasteiger charge is -2.15. The lowest BCUT2D eigenvalue weighted by molar-refractivity contribution is 0.0473. The lowest BCUT2D eigenvalue weighted by atomic mass is 10.00. The topological polar surface area (TPSA) is 57.5 Å². The van der Waals surface area contributed by atoms with Crippen molar-refractivity contribution in [1.82, 2.24) is 4.57 Å². The van der Waals surface area contributed by atoms with E-state index in [9.17, 15) is 9.59 Å². The molecule has 2 heterocycles. The first-order valence-electron chi connectivity index (χ1n) is 11.1. The number of benzene rings is 2. The van der Waals surface area contributed by atoms with Gasteiger partial charge in [-0.1, -0.05) is 48.5 Å². The maximum Gasteiger partial charge on any atom is 0.338 e. The molecule has 1 atom stereocenters. The number of hydrogen-bond acceptors (Lipinski definition) is 4. The molecule has 166 valence electrons. The summed E-state index contributed by atoms with van der Waals surface area (Å²) in [5, 5.41) is 0. The van der Waals surface area contributed by atoms with Crippen molar-refractivity contribution in [3.63, 3.8) is 0 Å². The van der Waals surface area contributed by atoms with Crippen molar-refractivity contribution in [2.24, 2.45) is 0 Å². The van der Waals surface area contributed by atoms with Crippen molar-refractivity contribution in [3.8, 4) is 0 Å². The molecule has 32 heavy (non-hydrogen) atoms. The van der Waals surface area contributed by atoms with Crippen LogP contribution in [0.5, 0.6) is 0 Å². The average molecular weight is 432 g/mol. The van der Waals surface area contributed by atoms with Gasteiger partial charge in [-0.15, -0.1) is 0 Å². The first-order valence-corrected chi connectivity index (χ1v) is 11.1. The van der Waals surface area contributed by atoms with Gasteiger partial charge in [0.15, 0.2) is 6.61 Å².